The van der Waals surface area contributed by atoms with Crippen LogP contribution >= 0.6 is 11.6 Å². The van der Waals surface area contributed by atoms with Gasteiger partial charge in [0.2, 0.25) is 11.8 Å². The lowest BCUT2D eigenvalue weighted by Gasteiger charge is -2.36. The lowest BCUT2D eigenvalue weighted by atomic mass is 10.1. The first-order valence-corrected chi connectivity index (χ1v) is 13.4. The second-order valence-corrected chi connectivity index (χ2v) is 10.8. The normalized spacial score (nSPS) is 21.1. The summed E-state index contributed by atoms with van der Waals surface area (Å²) >= 11 is 6.52. The Kier molecular flexibility index (Phi) is 6.91. The Hall–Kier alpha value is -3.68. The van der Waals surface area contributed by atoms with E-state index in [1.54, 1.807) is 12.1 Å². The van der Waals surface area contributed by atoms with E-state index in [1.807, 2.05) is 13.8 Å². The molecule has 1 aromatic carbocycles. The van der Waals surface area contributed by atoms with Crippen LogP contribution in [0.3, 0.4) is 0 Å². The standard InChI is InChI=1S/C27H26ClF3N6O4/c1-26(2)40-14-18(41-26)13-39-21-6-8-32-24(33-21)35-25(38)37-17-7-9-36(12-17)20-11-19(28)22(34-23(20)37)15-4-3-5-16(10-15)27(29,30)31/h3-6,8,10-11,17-18H,7,9,12-14H2,1-2H3,(H,32,33,35,38)/t17-,18+/m0/s1. The monoisotopic (exact) mass is 590 g/mol. The predicted octanol–water partition coefficient (Wildman–Crippen LogP) is 5.37. The van der Waals surface area contributed by atoms with Gasteiger partial charge in [0.25, 0.3) is 0 Å². The minimum atomic E-state index is -4.53. The molecule has 1 N–H and O–H groups in total. The molecule has 2 aromatic heterocycles. The highest BCUT2D eigenvalue weighted by Gasteiger charge is 2.41. The van der Waals surface area contributed by atoms with Gasteiger partial charge in [0.1, 0.15) is 12.7 Å². The molecule has 0 unspecified atom stereocenters. The van der Waals surface area contributed by atoms with Crippen molar-refractivity contribution in [2.24, 2.45) is 0 Å². The van der Waals surface area contributed by atoms with Crippen LogP contribution in [-0.4, -0.2) is 65.2 Å². The third-order valence-corrected chi connectivity index (χ3v) is 7.34. The molecular formula is C27H26ClF3N6O4. The van der Waals surface area contributed by atoms with Crippen molar-refractivity contribution < 1.29 is 32.2 Å². The summed E-state index contributed by atoms with van der Waals surface area (Å²) < 4.78 is 57.1. The third-order valence-electron chi connectivity index (χ3n) is 7.05. The van der Waals surface area contributed by atoms with Crippen molar-refractivity contribution >= 4 is 35.1 Å². The van der Waals surface area contributed by atoms with Gasteiger partial charge >= 0.3 is 12.2 Å². The van der Waals surface area contributed by atoms with E-state index in [0.29, 0.717) is 37.6 Å². The number of urea groups is 1. The number of nitrogens with one attached hydrogen (secondary N) is 1. The number of pyridine rings is 1. The fourth-order valence-corrected chi connectivity index (χ4v) is 5.45. The number of halogens is 4. The summed E-state index contributed by atoms with van der Waals surface area (Å²) in [6, 6.07) is 7.23. The molecule has 2 atom stereocenters. The molecule has 2 saturated heterocycles. The number of nitrogens with zero attached hydrogens (tertiary/aromatic N) is 5. The highest BCUT2D eigenvalue weighted by Crippen LogP contribution is 2.43. The molecular weight excluding hydrogens is 565 g/mol. The third kappa shape index (κ3) is 5.61. The molecule has 41 heavy (non-hydrogen) atoms. The Labute approximate surface area is 238 Å². The number of hydrogen-bond donors (Lipinski definition) is 1. The smallest absolute Gasteiger partial charge is 0.416 e. The van der Waals surface area contributed by atoms with Crippen LogP contribution in [0.25, 0.3) is 11.3 Å². The predicted molar refractivity (Wildman–Crippen MR) is 144 cm³/mol. The summed E-state index contributed by atoms with van der Waals surface area (Å²) in [5.74, 6) is -0.128. The van der Waals surface area contributed by atoms with Crippen molar-refractivity contribution in [3.63, 3.8) is 0 Å². The number of carbonyl (C=O) groups excluding carboxylic acids is 1. The summed E-state index contributed by atoms with van der Waals surface area (Å²) in [6.45, 7) is 5.46. The Morgan fingerprint density at radius 3 is 2.83 bits per heavy atom. The molecule has 0 aliphatic carbocycles. The number of carbonyl (C=O) groups is 1. The van der Waals surface area contributed by atoms with Crippen LogP contribution < -0.4 is 19.9 Å². The van der Waals surface area contributed by atoms with Gasteiger partial charge in [-0.05, 0) is 38.5 Å². The molecule has 216 valence electrons. The maximum Gasteiger partial charge on any atom is 0.416 e. The summed E-state index contributed by atoms with van der Waals surface area (Å²) in [5, 5.41) is 2.89. The summed E-state index contributed by atoms with van der Waals surface area (Å²) in [6.07, 6.45) is -2.67. The SMILES string of the molecule is CC1(C)OC[C@@H](COc2ccnc(NC(=O)N3c4nc(-c5cccc(C(F)(F)F)c5)c(Cl)cc4N4CC[C@H]3C4)n2)O1. The van der Waals surface area contributed by atoms with Crippen LogP contribution in [0.4, 0.5) is 35.4 Å². The molecule has 2 amide bonds. The largest absolute Gasteiger partial charge is 0.475 e. The van der Waals surface area contributed by atoms with Crippen LogP contribution in [0, 0.1) is 0 Å². The van der Waals surface area contributed by atoms with E-state index in [2.05, 4.69) is 25.2 Å². The van der Waals surface area contributed by atoms with Crippen molar-refractivity contribution in [1.82, 2.24) is 15.0 Å². The van der Waals surface area contributed by atoms with Gasteiger partial charge in [0.15, 0.2) is 11.6 Å². The zero-order valence-corrected chi connectivity index (χ0v) is 22.9. The molecule has 5 heterocycles. The number of fused-ring (bicyclic) bond motifs is 4. The number of amides is 2. The van der Waals surface area contributed by atoms with Gasteiger partial charge in [-0.25, -0.2) is 14.8 Å². The first-order chi connectivity index (χ1) is 19.5. The van der Waals surface area contributed by atoms with E-state index in [0.717, 1.165) is 12.1 Å². The van der Waals surface area contributed by atoms with Crippen molar-refractivity contribution in [3.8, 4) is 17.1 Å². The number of aromatic nitrogens is 3. The summed E-state index contributed by atoms with van der Waals surface area (Å²) in [5.41, 5.74) is 0.132. The fourth-order valence-electron chi connectivity index (χ4n) is 5.19. The number of anilines is 3. The molecule has 0 saturated carbocycles. The van der Waals surface area contributed by atoms with Crippen molar-refractivity contribution in [2.45, 2.75) is 44.4 Å². The number of alkyl halides is 3. The van der Waals surface area contributed by atoms with E-state index < -0.39 is 23.6 Å². The lowest BCUT2D eigenvalue weighted by Crippen LogP contribution is -2.48. The molecule has 3 aliphatic heterocycles. The average Bonchev–Trinajstić information content (AvgIpc) is 3.50. The molecule has 2 fully saturated rings. The summed E-state index contributed by atoms with van der Waals surface area (Å²) in [4.78, 5) is 30.2. The van der Waals surface area contributed by atoms with Gasteiger partial charge in [-0.1, -0.05) is 23.7 Å². The minimum Gasteiger partial charge on any atom is -0.475 e. The number of hydrogen-bond acceptors (Lipinski definition) is 8. The van der Waals surface area contributed by atoms with Gasteiger partial charge in [0.05, 0.1) is 34.6 Å². The van der Waals surface area contributed by atoms with Gasteiger partial charge in [0, 0.05) is 30.9 Å². The zero-order chi connectivity index (χ0) is 28.9. The molecule has 6 rings (SSSR count). The van der Waals surface area contributed by atoms with Crippen molar-refractivity contribution in [3.05, 3.63) is 53.2 Å². The highest BCUT2D eigenvalue weighted by atomic mass is 35.5. The van der Waals surface area contributed by atoms with Crippen LogP contribution in [0.2, 0.25) is 5.02 Å². The van der Waals surface area contributed by atoms with Gasteiger partial charge < -0.3 is 19.1 Å². The fraction of sp³-hybridized carbons (Fsp3) is 0.407. The van der Waals surface area contributed by atoms with E-state index in [-0.39, 0.29) is 46.9 Å². The molecule has 0 spiro atoms. The molecule has 0 radical (unpaired) electrons. The Balaban J connectivity index is 1.25. The van der Waals surface area contributed by atoms with E-state index in [4.69, 9.17) is 25.8 Å². The number of ether oxygens (including phenoxy) is 3. The first-order valence-electron chi connectivity index (χ1n) is 13.0. The Morgan fingerprint density at radius 1 is 1.24 bits per heavy atom. The van der Waals surface area contributed by atoms with Crippen LogP contribution in [0.5, 0.6) is 5.88 Å². The average molecular weight is 591 g/mol. The molecule has 10 nitrogen and oxygen atoms in total. The maximum absolute atomic E-state index is 13.6. The zero-order valence-electron chi connectivity index (χ0n) is 22.1. The number of rotatable bonds is 5. The lowest BCUT2D eigenvalue weighted by molar-refractivity contribution is -0.141. The van der Waals surface area contributed by atoms with Crippen molar-refractivity contribution in [2.75, 3.05) is 41.4 Å². The van der Waals surface area contributed by atoms with Crippen LogP contribution in [0.1, 0.15) is 25.8 Å². The van der Waals surface area contributed by atoms with E-state index in [9.17, 15) is 18.0 Å². The van der Waals surface area contributed by atoms with E-state index >= 15 is 0 Å². The molecule has 3 aromatic rings. The molecule has 3 aliphatic rings. The molecule has 14 heteroatoms. The van der Waals surface area contributed by atoms with Crippen LogP contribution in [0.15, 0.2) is 42.6 Å². The molecule has 2 bridgehead atoms. The van der Waals surface area contributed by atoms with E-state index in [1.165, 1.54) is 23.2 Å². The maximum atomic E-state index is 13.6. The number of benzene rings is 1. The Bertz CT molecular complexity index is 1490. The second-order valence-electron chi connectivity index (χ2n) is 10.4. The highest BCUT2D eigenvalue weighted by molar-refractivity contribution is 6.33. The van der Waals surface area contributed by atoms with Gasteiger partial charge in [-0.15, -0.1) is 0 Å². The van der Waals surface area contributed by atoms with Gasteiger partial charge in [-0.3, -0.25) is 10.2 Å². The Morgan fingerprint density at radius 2 is 2.07 bits per heavy atom. The topological polar surface area (TPSA) is 102 Å². The quantitative estimate of drug-likeness (QED) is 0.423. The summed E-state index contributed by atoms with van der Waals surface area (Å²) in [7, 11) is 0. The van der Waals surface area contributed by atoms with Gasteiger partial charge in [-0.2, -0.15) is 18.2 Å². The minimum absolute atomic E-state index is 0.0189. The second kappa shape index (κ2) is 10.3. The van der Waals surface area contributed by atoms with Crippen molar-refractivity contribution in [1.29, 1.82) is 0 Å². The van der Waals surface area contributed by atoms with Crippen LogP contribution in [-0.2, 0) is 15.7 Å². The first kappa shape index (κ1) is 27.5.